The lowest BCUT2D eigenvalue weighted by Gasteiger charge is -2.16. The summed E-state index contributed by atoms with van der Waals surface area (Å²) < 4.78 is 0. The predicted octanol–water partition coefficient (Wildman–Crippen LogP) is 4.36. The molecule has 1 atom stereocenters. The van der Waals surface area contributed by atoms with Gasteiger partial charge in [0.05, 0.1) is 23.8 Å². The monoisotopic (exact) mass is 387 g/mol. The SMILES string of the molecule is CCC(C)c1ccc(NC(=O)CN(C)CC(=O)Nc2ccccc2Cl)cc1. The summed E-state index contributed by atoms with van der Waals surface area (Å²) in [4.78, 5) is 25.9. The van der Waals surface area contributed by atoms with Crippen molar-refractivity contribution in [3.8, 4) is 0 Å². The molecule has 0 aliphatic heterocycles. The standard InChI is InChI=1S/C21H26ClN3O2/c1-4-15(2)16-9-11-17(12-10-16)23-20(26)13-25(3)14-21(27)24-19-8-6-5-7-18(19)22/h5-12,15H,4,13-14H2,1-3H3,(H,23,26)(H,24,27). The first-order valence-electron chi connectivity index (χ1n) is 9.01. The highest BCUT2D eigenvalue weighted by molar-refractivity contribution is 6.33. The highest BCUT2D eigenvalue weighted by Crippen LogP contribution is 2.21. The molecule has 0 heterocycles. The van der Waals surface area contributed by atoms with Gasteiger partial charge in [-0.3, -0.25) is 14.5 Å². The van der Waals surface area contributed by atoms with Crippen molar-refractivity contribution in [3.63, 3.8) is 0 Å². The van der Waals surface area contributed by atoms with E-state index in [0.29, 0.717) is 16.6 Å². The molecule has 0 fully saturated rings. The summed E-state index contributed by atoms with van der Waals surface area (Å²) >= 11 is 6.03. The molecule has 2 amide bonds. The maximum atomic E-state index is 12.2. The van der Waals surface area contributed by atoms with Gasteiger partial charge < -0.3 is 10.6 Å². The van der Waals surface area contributed by atoms with E-state index in [0.717, 1.165) is 12.1 Å². The molecule has 144 valence electrons. The van der Waals surface area contributed by atoms with Crippen LogP contribution in [0.2, 0.25) is 5.02 Å². The first kappa shape index (κ1) is 20.9. The van der Waals surface area contributed by atoms with Crippen molar-refractivity contribution in [2.75, 3.05) is 30.8 Å². The fourth-order valence-corrected chi connectivity index (χ4v) is 2.81. The van der Waals surface area contributed by atoms with Gasteiger partial charge in [-0.05, 0) is 49.2 Å². The van der Waals surface area contributed by atoms with E-state index in [1.165, 1.54) is 5.56 Å². The molecular formula is C21H26ClN3O2. The van der Waals surface area contributed by atoms with Gasteiger partial charge in [-0.1, -0.05) is 49.7 Å². The summed E-state index contributed by atoms with van der Waals surface area (Å²) in [6, 6.07) is 14.9. The molecule has 2 N–H and O–H groups in total. The Balaban J connectivity index is 1.81. The van der Waals surface area contributed by atoms with E-state index in [-0.39, 0.29) is 24.9 Å². The quantitative estimate of drug-likeness (QED) is 0.707. The Morgan fingerprint density at radius 3 is 2.19 bits per heavy atom. The third kappa shape index (κ3) is 6.70. The molecule has 0 saturated carbocycles. The second kappa shape index (κ2) is 10.1. The summed E-state index contributed by atoms with van der Waals surface area (Å²) in [5.74, 6) is 0.105. The molecule has 0 spiro atoms. The number of likely N-dealkylation sites (N-methyl/N-ethyl adjacent to an activating group) is 1. The molecule has 0 saturated heterocycles. The normalized spacial score (nSPS) is 11.9. The topological polar surface area (TPSA) is 61.4 Å². The van der Waals surface area contributed by atoms with E-state index in [4.69, 9.17) is 11.6 Å². The lowest BCUT2D eigenvalue weighted by atomic mass is 9.99. The van der Waals surface area contributed by atoms with Gasteiger partial charge in [0.15, 0.2) is 0 Å². The Morgan fingerprint density at radius 2 is 1.59 bits per heavy atom. The molecule has 27 heavy (non-hydrogen) atoms. The van der Waals surface area contributed by atoms with Crippen LogP contribution >= 0.6 is 11.6 Å². The number of rotatable bonds is 8. The molecule has 2 aromatic rings. The third-order valence-corrected chi connectivity index (χ3v) is 4.68. The minimum absolute atomic E-state index is 0.0889. The van der Waals surface area contributed by atoms with Crippen LogP contribution in [0.4, 0.5) is 11.4 Å². The summed E-state index contributed by atoms with van der Waals surface area (Å²) in [6.45, 7) is 4.53. The van der Waals surface area contributed by atoms with Gasteiger partial charge in [-0.15, -0.1) is 0 Å². The first-order chi connectivity index (χ1) is 12.9. The van der Waals surface area contributed by atoms with E-state index in [1.54, 1.807) is 36.2 Å². The average Bonchev–Trinajstić information content (AvgIpc) is 2.63. The number of amides is 2. The molecular weight excluding hydrogens is 362 g/mol. The number of benzene rings is 2. The van der Waals surface area contributed by atoms with Crippen molar-refractivity contribution in [1.82, 2.24) is 4.90 Å². The fraction of sp³-hybridized carbons (Fsp3) is 0.333. The van der Waals surface area contributed by atoms with Gasteiger partial charge in [-0.2, -0.15) is 0 Å². The van der Waals surface area contributed by atoms with Crippen molar-refractivity contribution in [1.29, 1.82) is 0 Å². The summed E-state index contributed by atoms with van der Waals surface area (Å²) in [5.41, 5.74) is 2.56. The smallest absolute Gasteiger partial charge is 0.238 e. The molecule has 0 bridgehead atoms. The number of halogens is 1. The predicted molar refractivity (Wildman–Crippen MR) is 111 cm³/mol. The Kier molecular flexibility index (Phi) is 7.82. The van der Waals surface area contributed by atoms with Gasteiger partial charge in [0.1, 0.15) is 0 Å². The summed E-state index contributed by atoms with van der Waals surface area (Å²) in [5, 5.41) is 6.08. The highest BCUT2D eigenvalue weighted by Gasteiger charge is 2.12. The second-order valence-electron chi connectivity index (χ2n) is 6.68. The van der Waals surface area contributed by atoms with Crippen molar-refractivity contribution >= 4 is 34.8 Å². The van der Waals surface area contributed by atoms with Gasteiger partial charge >= 0.3 is 0 Å². The zero-order valence-corrected chi connectivity index (χ0v) is 16.7. The van der Waals surface area contributed by atoms with Crippen LogP contribution in [0.1, 0.15) is 31.7 Å². The molecule has 6 heteroatoms. The minimum Gasteiger partial charge on any atom is -0.325 e. The summed E-state index contributed by atoms with van der Waals surface area (Å²) in [7, 11) is 1.72. The van der Waals surface area contributed by atoms with Crippen LogP contribution in [0.25, 0.3) is 0 Å². The van der Waals surface area contributed by atoms with Crippen LogP contribution in [0.3, 0.4) is 0 Å². The van der Waals surface area contributed by atoms with Gasteiger partial charge in [-0.25, -0.2) is 0 Å². The lowest BCUT2D eigenvalue weighted by Crippen LogP contribution is -2.36. The van der Waals surface area contributed by atoms with E-state index in [9.17, 15) is 9.59 Å². The van der Waals surface area contributed by atoms with E-state index >= 15 is 0 Å². The Bertz CT molecular complexity index is 777. The van der Waals surface area contributed by atoms with Crippen LogP contribution in [0, 0.1) is 0 Å². The number of carbonyl (C=O) groups excluding carboxylic acids is 2. The number of para-hydroxylation sites is 1. The second-order valence-corrected chi connectivity index (χ2v) is 7.09. The Hall–Kier alpha value is -2.37. The molecule has 2 aromatic carbocycles. The third-order valence-electron chi connectivity index (χ3n) is 4.35. The van der Waals surface area contributed by atoms with Crippen LogP contribution in [-0.2, 0) is 9.59 Å². The molecule has 0 aliphatic carbocycles. The Labute approximate surface area is 165 Å². The zero-order valence-electron chi connectivity index (χ0n) is 16.0. The van der Waals surface area contributed by atoms with Gasteiger partial charge in [0, 0.05) is 5.69 Å². The molecule has 0 aromatic heterocycles. The van der Waals surface area contributed by atoms with Crippen LogP contribution < -0.4 is 10.6 Å². The van der Waals surface area contributed by atoms with Crippen LogP contribution in [0.15, 0.2) is 48.5 Å². The largest absolute Gasteiger partial charge is 0.325 e. The van der Waals surface area contributed by atoms with Crippen molar-refractivity contribution in [2.24, 2.45) is 0 Å². The maximum Gasteiger partial charge on any atom is 0.238 e. The number of carbonyl (C=O) groups is 2. The first-order valence-corrected chi connectivity index (χ1v) is 9.39. The van der Waals surface area contributed by atoms with Crippen molar-refractivity contribution in [3.05, 3.63) is 59.1 Å². The molecule has 0 aliphatic rings. The Morgan fingerprint density at radius 1 is 1.00 bits per heavy atom. The number of nitrogens with one attached hydrogen (secondary N) is 2. The van der Waals surface area contributed by atoms with Crippen LogP contribution in [0.5, 0.6) is 0 Å². The number of anilines is 2. The minimum atomic E-state index is -0.226. The molecule has 0 radical (unpaired) electrons. The van der Waals surface area contributed by atoms with E-state index in [1.807, 2.05) is 24.3 Å². The van der Waals surface area contributed by atoms with E-state index < -0.39 is 0 Å². The van der Waals surface area contributed by atoms with E-state index in [2.05, 4.69) is 24.5 Å². The lowest BCUT2D eigenvalue weighted by molar-refractivity contribution is -0.119. The maximum absolute atomic E-state index is 12.2. The summed E-state index contributed by atoms with van der Waals surface area (Å²) in [6.07, 6.45) is 1.08. The highest BCUT2D eigenvalue weighted by atomic mass is 35.5. The van der Waals surface area contributed by atoms with Gasteiger partial charge in [0.2, 0.25) is 11.8 Å². The number of hydrogen-bond acceptors (Lipinski definition) is 3. The molecule has 2 rings (SSSR count). The van der Waals surface area contributed by atoms with Crippen molar-refractivity contribution in [2.45, 2.75) is 26.2 Å². The zero-order chi connectivity index (χ0) is 19.8. The van der Waals surface area contributed by atoms with Crippen molar-refractivity contribution < 1.29 is 9.59 Å². The average molecular weight is 388 g/mol. The fourth-order valence-electron chi connectivity index (χ4n) is 2.63. The number of nitrogens with zero attached hydrogens (tertiary/aromatic N) is 1. The van der Waals surface area contributed by atoms with Crippen LogP contribution in [-0.4, -0.2) is 36.9 Å². The molecule has 5 nitrogen and oxygen atoms in total. The molecule has 1 unspecified atom stereocenters. The number of hydrogen-bond donors (Lipinski definition) is 2. The van der Waals surface area contributed by atoms with Gasteiger partial charge in [0.25, 0.3) is 0 Å².